The molecule has 0 aromatic carbocycles. The van der Waals surface area contributed by atoms with Crippen molar-refractivity contribution in [2.24, 2.45) is 0 Å². The maximum Gasteiger partial charge on any atom is 0.255 e. The summed E-state index contributed by atoms with van der Waals surface area (Å²) in [5, 5.41) is 0. The number of amides is 1. The van der Waals surface area contributed by atoms with Crippen molar-refractivity contribution >= 4 is 17.1 Å². The van der Waals surface area contributed by atoms with Crippen LogP contribution in [0.3, 0.4) is 0 Å². The van der Waals surface area contributed by atoms with Crippen molar-refractivity contribution in [2.75, 3.05) is 26.3 Å². The lowest BCUT2D eigenvalue weighted by atomic mass is 10.2. The Balaban J connectivity index is 1.60. The molecule has 0 spiro atoms. The molecule has 1 saturated heterocycles. The Morgan fingerprint density at radius 3 is 2.87 bits per heavy atom. The minimum atomic E-state index is 0.0281. The van der Waals surface area contributed by atoms with Crippen LogP contribution in [-0.4, -0.2) is 51.6 Å². The van der Waals surface area contributed by atoms with Crippen LogP contribution in [-0.2, 0) is 4.74 Å². The fraction of sp³-hybridized carbons (Fsp3) is 0.588. The molecule has 1 saturated carbocycles. The number of rotatable bonds is 2. The fourth-order valence-corrected chi connectivity index (χ4v) is 3.62. The first kappa shape index (κ1) is 14.6. The fourth-order valence-electron chi connectivity index (χ4n) is 3.62. The third kappa shape index (κ3) is 2.83. The molecular formula is C17H22N4O2. The molecule has 2 aliphatic rings. The molecule has 6 nitrogen and oxygen atoms in total. The van der Waals surface area contributed by atoms with E-state index in [-0.39, 0.29) is 5.91 Å². The predicted molar refractivity (Wildman–Crippen MR) is 86.4 cm³/mol. The van der Waals surface area contributed by atoms with Crippen molar-refractivity contribution in [1.82, 2.24) is 19.4 Å². The molecule has 4 rings (SSSR count). The largest absolute Gasteiger partial charge is 0.380 e. The van der Waals surface area contributed by atoms with Gasteiger partial charge in [0.2, 0.25) is 0 Å². The lowest BCUT2D eigenvalue weighted by Crippen LogP contribution is -2.33. The van der Waals surface area contributed by atoms with Gasteiger partial charge in [0.05, 0.1) is 18.5 Å². The van der Waals surface area contributed by atoms with Crippen molar-refractivity contribution in [2.45, 2.75) is 38.1 Å². The zero-order valence-electron chi connectivity index (χ0n) is 13.3. The normalized spacial score (nSPS) is 20.1. The minimum absolute atomic E-state index is 0.0281. The van der Waals surface area contributed by atoms with Crippen LogP contribution in [0.5, 0.6) is 0 Å². The molecular weight excluding hydrogens is 292 g/mol. The summed E-state index contributed by atoms with van der Waals surface area (Å²) in [7, 11) is 0. The van der Waals surface area contributed by atoms with Crippen molar-refractivity contribution in [3.05, 3.63) is 24.2 Å². The number of imidazole rings is 1. The third-order valence-electron chi connectivity index (χ3n) is 4.89. The topological polar surface area (TPSA) is 60.2 Å². The van der Waals surface area contributed by atoms with E-state index in [2.05, 4.69) is 14.5 Å². The number of nitrogens with zero attached hydrogens (tertiary/aromatic N) is 4. The molecule has 122 valence electrons. The number of aromatic nitrogens is 3. The van der Waals surface area contributed by atoms with Crippen LogP contribution in [0.15, 0.2) is 18.6 Å². The summed E-state index contributed by atoms with van der Waals surface area (Å²) in [4.78, 5) is 23.5. The van der Waals surface area contributed by atoms with Gasteiger partial charge < -0.3 is 14.2 Å². The smallest absolute Gasteiger partial charge is 0.255 e. The highest BCUT2D eigenvalue weighted by molar-refractivity contribution is 5.96. The molecule has 1 aliphatic heterocycles. The molecule has 0 radical (unpaired) electrons. The quantitative estimate of drug-likeness (QED) is 0.854. The zero-order valence-corrected chi connectivity index (χ0v) is 13.3. The molecule has 0 unspecified atom stereocenters. The van der Waals surface area contributed by atoms with Gasteiger partial charge in [0.15, 0.2) is 5.65 Å². The van der Waals surface area contributed by atoms with Gasteiger partial charge in [-0.1, -0.05) is 12.8 Å². The Morgan fingerprint density at radius 2 is 2.00 bits per heavy atom. The lowest BCUT2D eigenvalue weighted by Gasteiger charge is -2.19. The van der Waals surface area contributed by atoms with Crippen LogP contribution in [0.25, 0.3) is 11.2 Å². The van der Waals surface area contributed by atoms with E-state index < -0.39 is 0 Å². The van der Waals surface area contributed by atoms with E-state index in [4.69, 9.17) is 4.74 Å². The van der Waals surface area contributed by atoms with Crippen molar-refractivity contribution < 1.29 is 9.53 Å². The van der Waals surface area contributed by atoms with Crippen LogP contribution in [0.4, 0.5) is 0 Å². The van der Waals surface area contributed by atoms with Gasteiger partial charge in [-0.2, -0.15) is 0 Å². The standard InChI is InChI=1S/C17H22N4O2/c22-17(20-6-3-8-23-9-7-20)13-10-15-16(18-11-13)21(12-19-15)14-4-1-2-5-14/h10-12,14H,1-9H2. The summed E-state index contributed by atoms with van der Waals surface area (Å²) >= 11 is 0. The number of pyridine rings is 1. The summed E-state index contributed by atoms with van der Waals surface area (Å²) in [5.74, 6) is 0.0281. The second-order valence-electron chi connectivity index (χ2n) is 6.41. The van der Waals surface area contributed by atoms with Gasteiger partial charge in [-0.3, -0.25) is 4.79 Å². The SMILES string of the molecule is O=C(c1cnc2c(c1)ncn2C1CCCC1)N1CCCOCC1. The Kier molecular flexibility index (Phi) is 3.99. The van der Waals surface area contributed by atoms with Crippen molar-refractivity contribution in [3.63, 3.8) is 0 Å². The average molecular weight is 314 g/mol. The van der Waals surface area contributed by atoms with Gasteiger partial charge in [0.1, 0.15) is 5.52 Å². The highest BCUT2D eigenvalue weighted by atomic mass is 16.5. The highest BCUT2D eigenvalue weighted by Gasteiger charge is 2.22. The van der Waals surface area contributed by atoms with Crippen molar-refractivity contribution in [3.8, 4) is 0 Å². The molecule has 0 N–H and O–H groups in total. The van der Waals surface area contributed by atoms with Gasteiger partial charge in [-0.25, -0.2) is 9.97 Å². The van der Waals surface area contributed by atoms with Gasteiger partial charge in [-0.05, 0) is 25.3 Å². The molecule has 2 aromatic heterocycles. The first-order valence-corrected chi connectivity index (χ1v) is 8.52. The molecule has 3 heterocycles. The second-order valence-corrected chi connectivity index (χ2v) is 6.41. The minimum Gasteiger partial charge on any atom is -0.380 e. The maximum absolute atomic E-state index is 12.7. The van der Waals surface area contributed by atoms with Gasteiger partial charge >= 0.3 is 0 Å². The first-order chi connectivity index (χ1) is 11.3. The summed E-state index contributed by atoms with van der Waals surface area (Å²) in [6, 6.07) is 2.39. The summed E-state index contributed by atoms with van der Waals surface area (Å²) < 4.78 is 7.59. The van der Waals surface area contributed by atoms with Crippen LogP contribution in [0.2, 0.25) is 0 Å². The maximum atomic E-state index is 12.7. The molecule has 0 bridgehead atoms. The lowest BCUT2D eigenvalue weighted by molar-refractivity contribution is 0.0741. The molecule has 2 aromatic rings. The number of carbonyl (C=O) groups excluding carboxylic acids is 1. The Bertz CT molecular complexity index is 698. The van der Waals surface area contributed by atoms with E-state index in [1.54, 1.807) is 6.20 Å². The van der Waals surface area contributed by atoms with E-state index in [1.807, 2.05) is 17.3 Å². The molecule has 1 amide bonds. The number of ether oxygens (including phenoxy) is 1. The van der Waals surface area contributed by atoms with E-state index in [9.17, 15) is 4.79 Å². The van der Waals surface area contributed by atoms with Gasteiger partial charge in [-0.15, -0.1) is 0 Å². The van der Waals surface area contributed by atoms with Gasteiger partial charge in [0.25, 0.3) is 5.91 Å². The van der Waals surface area contributed by atoms with E-state index >= 15 is 0 Å². The highest BCUT2D eigenvalue weighted by Crippen LogP contribution is 2.31. The Morgan fingerprint density at radius 1 is 1.13 bits per heavy atom. The third-order valence-corrected chi connectivity index (χ3v) is 4.89. The molecule has 2 fully saturated rings. The summed E-state index contributed by atoms with van der Waals surface area (Å²) in [5.41, 5.74) is 2.33. The van der Waals surface area contributed by atoms with E-state index in [1.165, 1.54) is 25.7 Å². The van der Waals surface area contributed by atoms with Crippen LogP contribution < -0.4 is 0 Å². The molecule has 0 atom stereocenters. The van der Waals surface area contributed by atoms with Crippen LogP contribution in [0, 0.1) is 0 Å². The first-order valence-electron chi connectivity index (χ1n) is 8.52. The Hall–Kier alpha value is -1.95. The molecule has 1 aliphatic carbocycles. The van der Waals surface area contributed by atoms with E-state index in [0.717, 1.165) is 30.7 Å². The number of hydrogen-bond acceptors (Lipinski definition) is 4. The number of carbonyl (C=O) groups is 1. The van der Waals surface area contributed by atoms with Crippen molar-refractivity contribution in [1.29, 1.82) is 0 Å². The zero-order chi connectivity index (χ0) is 15.6. The van der Waals surface area contributed by atoms with Crippen LogP contribution >= 0.6 is 0 Å². The van der Waals surface area contributed by atoms with Crippen LogP contribution in [0.1, 0.15) is 48.5 Å². The van der Waals surface area contributed by atoms with E-state index in [0.29, 0.717) is 24.8 Å². The molecule has 6 heteroatoms. The predicted octanol–water partition coefficient (Wildman–Crippen LogP) is 2.41. The number of hydrogen-bond donors (Lipinski definition) is 0. The Labute approximate surface area is 135 Å². The summed E-state index contributed by atoms with van der Waals surface area (Å²) in [6.45, 7) is 2.73. The second kappa shape index (κ2) is 6.28. The average Bonchev–Trinajstić information content (AvgIpc) is 3.16. The molecule has 23 heavy (non-hydrogen) atoms. The van der Waals surface area contributed by atoms with Gasteiger partial charge in [0, 0.05) is 31.9 Å². The number of fused-ring (bicyclic) bond motifs is 1. The summed E-state index contributed by atoms with van der Waals surface area (Å²) in [6.07, 6.45) is 9.40. The monoisotopic (exact) mass is 314 g/mol.